The van der Waals surface area contributed by atoms with Crippen LogP contribution >= 0.6 is 0 Å². The van der Waals surface area contributed by atoms with Crippen molar-refractivity contribution in [3.05, 3.63) is 34.4 Å². The molecule has 0 bridgehead atoms. The molecule has 1 unspecified atom stereocenters. The summed E-state index contributed by atoms with van der Waals surface area (Å²) in [7, 11) is 0. The number of carboxylic acid groups (broad SMARTS) is 1. The first kappa shape index (κ1) is 11.1. The number of aliphatic carboxylic acids is 1. The molecule has 1 atom stereocenters. The number of fused-ring (bicyclic) bond motifs is 1. The molecule has 0 aliphatic heterocycles. The smallest absolute Gasteiger partial charge is 0.337 e. The zero-order valence-electron chi connectivity index (χ0n) is 9.36. The highest BCUT2D eigenvalue weighted by Gasteiger charge is 2.23. The maximum atomic E-state index is 10.8. The Kier molecular flexibility index (Phi) is 2.97. The average Bonchev–Trinajstić information content (AvgIpc) is 2.29. The van der Waals surface area contributed by atoms with Gasteiger partial charge >= 0.3 is 5.97 Å². The molecule has 2 rings (SSSR count). The Morgan fingerprint density at radius 1 is 1.25 bits per heavy atom. The Balaban J connectivity index is 2.50. The molecule has 1 aromatic carbocycles. The highest BCUT2D eigenvalue weighted by Crippen LogP contribution is 2.30. The van der Waals surface area contributed by atoms with Gasteiger partial charge in [-0.1, -0.05) is 12.1 Å². The fourth-order valence-electron chi connectivity index (χ4n) is 2.46. The van der Waals surface area contributed by atoms with Gasteiger partial charge in [0.05, 0.1) is 0 Å². The van der Waals surface area contributed by atoms with Gasteiger partial charge in [-0.25, -0.2) is 4.79 Å². The normalized spacial score (nSPS) is 16.6. The van der Waals surface area contributed by atoms with Crippen molar-refractivity contribution in [2.24, 2.45) is 0 Å². The molecule has 16 heavy (non-hydrogen) atoms. The van der Waals surface area contributed by atoms with Crippen LogP contribution in [0.2, 0.25) is 0 Å². The highest BCUT2D eigenvalue weighted by atomic mass is 16.4. The Labute approximate surface area is 94.7 Å². The van der Waals surface area contributed by atoms with Gasteiger partial charge in [0.2, 0.25) is 0 Å². The maximum absolute atomic E-state index is 10.8. The van der Waals surface area contributed by atoms with E-state index in [4.69, 9.17) is 5.11 Å². The van der Waals surface area contributed by atoms with E-state index in [1.165, 1.54) is 11.1 Å². The van der Waals surface area contributed by atoms with Gasteiger partial charge in [-0.15, -0.1) is 0 Å². The minimum absolute atomic E-state index is 0.577. The molecule has 0 aromatic heterocycles. The molecule has 0 heterocycles. The molecule has 0 amide bonds. The second-order valence-electron chi connectivity index (χ2n) is 4.38. The van der Waals surface area contributed by atoms with Gasteiger partial charge in [0.25, 0.3) is 0 Å². The SMILES string of the molecule is Cc1ccc(C(O)C(=O)O)c2c1CCCC2. The third-order valence-electron chi connectivity index (χ3n) is 3.33. The second kappa shape index (κ2) is 4.26. The molecule has 2 N–H and O–H groups in total. The highest BCUT2D eigenvalue weighted by molar-refractivity contribution is 5.75. The molecule has 1 aromatic rings. The van der Waals surface area contributed by atoms with Crippen LogP contribution in [-0.4, -0.2) is 16.2 Å². The van der Waals surface area contributed by atoms with Crippen LogP contribution in [0.5, 0.6) is 0 Å². The van der Waals surface area contributed by atoms with Crippen molar-refractivity contribution in [1.29, 1.82) is 0 Å². The summed E-state index contributed by atoms with van der Waals surface area (Å²) in [5, 5.41) is 18.5. The van der Waals surface area contributed by atoms with Crippen molar-refractivity contribution < 1.29 is 15.0 Å². The number of carboxylic acids is 1. The molecule has 1 aliphatic carbocycles. The lowest BCUT2D eigenvalue weighted by Crippen LogP contribution is -2.16. The lowest BCUT2D eigenvalue weighted by atomic mass is 9.84. The number of aliphatic hydroxyl groups excluding tert-OH is 1. The van der Waals surface area contributed by atoms with Crippen molar-refractivity contribution in [3.8, 4) is 0 Å². The molecule has 1 aliphatic rings. The van der Waals surface area contributed by atoms with E-state index in [2.05, 4.69) is 0 Å². The van der Waals surface area contributed by atoms with E-state index in [1.54, 1.807) is 6.07 Å². The van der Waals surface area contributed by atoms with E-state index in [0.29, 0.717) is 5.56 Å². The van der Waals surface area contributed by atoms with Gasteiger partial charge in [-0.3, -0.25) is 0 Å². The molecule has 86 valence electrons. The predicted octanol–water partition coefficient (Wildman–Crippen LogP) is 1.99. The third kappa shape index (κ3) is 1.83. The van der Waals surface area contributed by atoms with Crippen molar-refractivity contribution in [3.63, 3.8) is 0 Å². The molecule has 0 saturated heterocycles. The van der Waals surface area contributed by atoms with Crippen LogP contribution in [0, 0.1) is 6.92 Å². The minimum Gasteiger partial charge on any atom is -0.479 e. The molecule has 0 radical (unpaired) electrons. The molecule has 3 nitrogen and oxygen atoms in total. The van der Waals surface area contributed by atoms with Gasteiger partial charge in [-0.2, -0.15) is 0 Å². The monoisotopic (exact) mass is 220 g/mol. The first-order valence-electron chi connectivity index (χ1n) is 5.63. The van der Waals surface area contributed by atoms with E-state index in [-0.39, 0.29) is 0 Å². The molecule has 3 heteroatoms. The zero-order chi connectivity index (χ0) is 11.7. The standard InChI is InChI=1S/C13H16O3/c1-8-6-7-11(12(14)13(15)16)10-5-3-2-4-9(8)10/h6-7,12,14H,2-5H2,1H3,(H,15,16). The fraction of sp³-hybridized carbons (Fsp3) is 0.462. The summed E-state index contributed by atoms with van der Waals surface area (Å²) in [6.07, 6.45) is 2.74. The van der Waals surface area contributed by atoms with Crippen LogP contribution in [0.4, 0.5) is 0 Å². The Bertz CT molecular complexity index is 423. The third-order valence-corrected chi connectivity index (χ3v) is 3.33. The van der Waals surface area contributed by atoms with Crippen LogP contribution < -0.4 is 0 Å². The van der Waals surface area contributed by atoms with Crippen molar-refractivity contribution >= 4 is 5.97 Å². The number of rotatable bonds is 2. The summed E-state index contributed by atoms with van der Waals surface area (Å²) in [4.78, 5) is 10.8. The van der Waals surface area contributed by atoms with Crippen LogP contribution in [-0.2, 0) is 17.6 Å². The lowest BCUT2D eigenvalue weighted by molar-refractivity contribution is -0.147. The Morgan fingerprint density at radius 2 is 1.88 bits per heavy atom. The van der Waals surface area contributed by atoms with Crippen LogP contribution in [0.25, 0.3) is 0 Å². The summed E-state index contributed by atoms with van der Waals surface area (Å²) < 4.78 is 0. The van der Waals surface area contributed by atoms with Gasteiger partial charge in [0.15, 0.2) is 6.10 Å². The van der Waals surface area contributed by atoms with E-state index < -0.39 is 12.1 Å². The van der Waals surface area contributed by atoms with E-state index in [9.17, 15) is 9.90 Å². The molecule has 0 saturated carbocycles. The minimum atomic E-state index is -1.38. The number of aryl methyl sites for hydroxylation is 1. The largest absolute Gasteiger partial charge is 0.479 e. The molecular formula is C13H16O3. The maximum Gasteiger partial charge on any atom is 0.337 e. The number of benzene rings is 1. The number of carbonyl (C=O) groups is 1. The molecule has 0 fully saturated rings. The van der Waals surface area contributed by atoms with Gasteiger partial charge in [-0.05, 0) is 54.9 Å². The average molecular weight is 220 g/mol. The van der Waals surface area contributed by atoms with Gasteiger partial charge in [0, 0.05) is 0 Å². The quantitative estimate of drug-likeness (QED) is 0.801. The number of aliphatic hydroxyl groups is 1. The van der Waals surface area contributed by atoms with Crippen molar-refractivity contribution in [2.75, 3.05) is 0 Å². The Morgan fingerprint density at radius 3 is 2.50 bits per heavy atom. The summed E-state index contributed by atoms with van der Waals surface area (Å²) >= 11 is 0. The van der Waals surface area contributed by atoms with Crippen LogP contribution in [0.3, 0.4) is 0 Å². The molecule has 0 spiro atoms. The number of hydrogen-bond donors (Lipinski definition) is 2. The summed E-state index contributed by atoms with van der Waals surface area (Å²) in [6, 6.07) is 3.66. The zero-order valence-corrected chi connectivity index (χ0v) is 9.36. The lowest BCUT2D eigenvalue weighted by Gasteiger charge is -2.22. The number of hydrogen-bond acceptors (Lipinski definition) is 2. The summed E-state index contributed by atoms with van der Waals surface area (Å²) in [6.45, 7) is 2.04. The first-order chi connectivity index (χ1) is 7.61. The summed E-state index contributed by atoms with van der Waals surface area (Å²) in [5.41, 5.74) is 4.08. The van der Waals surface area contributed by atoms with Gasteiger partial charge in [0.1, 0.15) is 0 Å². The van der Waals surface area contributed by atoms with E-state index in [0.717, 1.165) is 31.2 Å². The predicted molar refractivity (Wildman–Crippen MR) is 60.4 cm³/mol. The Hall–Kier alpha value is -1.35. The van der Waals surface area contributed by atoms with Crippen LogP contribution in [0.15, 0.2) is 12.1 Å². The first-order valence-corrected chi connectivity index (χ1v) is 5.63. The van der Waals surface area contributed by atoms with Crippen molar-refractivity contribution in [2.45, 2.75) is 38.7 Å². The topological polar surface area (TPSA) is 57.5 Å². The second-order valence-corrected chi connectivity index (χ2v) is 4.38. The van der Waals surface area contributed by atoms with Crippen molar-refractivity contribution in [1.82, 2.24) is 0 Å². The van der Waals surface area contributed by atoms with Gasteiger partial charge < -0.3 is 10.2 Å². The van der Waals surface area contributed by atoms with Crippen LogP contribution in [0.1, 0.15) is 41.2 Å². The van der Waals surface area contributed by atoms with E-state index in [1.807, 2.05) is 13.0 Å². The summed E-state index contributed by atoms with van der Waals surface area (Å²) in [5.74, 6) is -1.17. The molecular weight excluding hydrogens is 204 g/mol. The van der Waals surface area contributed by atoms with E-state index >= 15 is 0 Å². The fourth-order valence-corrected chi connectivity index (χ4v) is 2.46.